The summed E-state index contributed by atoms with van der Waals surface area (Å²) in [5.74, 6) is -0.231. The van der Waals surface area contributed by atoms with Crippen LogP contribution in [-0.4, -0.2) is 112 Å². The average molecular weight is 1400 g/mol. The second-order valence-electron chi connectivity index (χ2n) is 22.5. The molecule has 2 atom stereocenters. The van der Waals surface area contributed by atoms with Crippen LogP contribution in [0, 0.1) is 7.40 Å². The predicted octanol–water partition coefficient (Wildman–Crippen LogP) is 11.2. The van der Waals surface area contributed by atoms with E-state index in [1.165, 1.54) is 4.90 Å². The first-order chi connectivity index (χ1) is 39.4. The quantitative estimate of drug-likeness (QED) is 0.0590. The van der Waals surface area contributed by atoms with Crippen molar-refractivity contribution in [2.75, 3.05) is 53.2 Å². The molecular formula is C59H64Cl2I2N10O10. The molecule has 2 saturated heterocycles. The molecule has 6 aromatic rings. The average Bonchev–Trinajstić information content (AvgIpc) is 3.37. The molecule has 0 aliphatic carbocycles. The Labute approximate surface area is 518 Å². The fourth-order valence-electron chi connectivity index (χ4n) is 10.1. The van der Waals surface area contributed by atoms with Gasteiger partial charge in [-0.25, -0.2) is 29.1 Å². The van der Waals surface area contributed by atoms with E-state index in [0.29, 0.717) is 103 Å². The van der Waals surface area contributed by atoms with Gasteiger partial charge in [-0.2, -0.15) is 0 Å². The van der Waals surface area contributed by atoms with Crippen LogP contribution in [0.4, 0.5) is 32.9 Å². The Balaban J connectivity index is 0.000000200. The van der Waals surface area contributed by atoms with Gasteiger partial charge in [0.1, 0.15) is 43.2 Å². The van der Waals surface area contributed by atoms with Crippen molar-refractivity contribution in [3.05, 3.63) is 147 Å². The molecule has 4 aliphatic rings. The van der Waals surface area contributed by atoms with E-state index in [9.17, 15) is 28.8 Å². The number of carbonyl (C=O) groups is 6. The highest BCUT2D eigenvalue weighted by atomic mass is 127. The van der Waals surface area contributed by atoms with Crippen molar-refractivity contribution in [3.8, 4) is 0 Å². The van der Waals surface area contributed by atoms with Gasteiger partial charge in [0.25, 0.3) is 11.8 Å². The van der Waals surface area contributed by atoms with Gasteiger partial charge in [-0.1, -0.05) is 71.7 Å². The van der Waals surface area contributed by atoms with Crippen molar-refractivity contribution in [2.45, 2.75) is 117 Å². The van der Waals surface area contributed by atoms with E-state index in [1.54, 1.807) is 37.4 Å². The van der Waals surface area contributed by atoms with Crippen LogP contribution in [0.25, 0.3) is 0 Å². The summed E-state index contributed by atoms with van der Waals surface area (Å²) >= 11 is 17.2. The summed E-state index contributed by atoms with van der Waals surface area (Å²) < 4.78 is 26.0. The zero-order valence-electron chi connectivity index (χ0n) is 46.9. The molecule has 0 saturated carbocycles. The lowest BCUT2D eigenvalue weighted by molar-refractivity contribution is 0.0488. The van der Waals surface area contributed by atoms with E-state index in [0.717, 1.165) is 47.9 Å². The fraction of sp³-hybridized carbons (Fsp3) is 0.390. The smallest absolute Gasteiger partial charge is 0.407 e. The first kappa shape index (κ1) is 60.9. The minimum Gasteiger partial charge on any atom is -0.457 e. The summed E-state index contributed by atoms with van der Waals surface area (Å²) in [5.41, 5.74) is 4.79. The number of nitrogens with zero attached hydrogens (tertiary/aromatic N) is 7. The van der Waals surface area contributed by atoms with Crippen molar-refractivity contribution >= 4 is 128 Å². The van der Waals surface area contributed by atoms with Gasteiger partial charge in [0, 0.05) is 77.9 Å². The van der Waals surface area contributed by atoms with Crippen LogP contribution < -0.4 is 30.7 Å². The van der Waals surface area contributed by atoms with E-state index in [1.807, 2.05) is 105 Å². The summed E-state index contributed by atoms with van der Waals surface area (Å²) in [6.07, 6.45) is 2.32. The maximum Gasteiger partial charge on any atom is 0.407 e. The Morgan fingerprint density at radius 1 is 0.663 bits per heavy atom. The predicted molar refractivity (Wildman–Crippen MR) is 332 cm³/mol. The van der Waals surface area contributed by atoms with Crippen LogP contribution in [0.5, 0.6) is 0 Å². The zero-order valence-corrected chi connectivity index (χ0v) is 52.8. The molecular weight excluding hydrogens is 1330 g/mol. The van der Waals surface area contributed by atoms with Gasteiger partial charge < -0.3 is 58.7 Å². The Morgan fingerprint density at radius 2 is 1.12 bits per heavy atom. The summed E-state index contributed by atoms with van der Waals surface area (Å²) in [7, 11) is 1.68. The summed E-state index contributed by atoms with van der Waals surface area (Å²) in [6.45, 7) is 14.5. The van der Waals surface area contributed by atoms with Crippen molar-refractivity contribution < 1.29 is 47.7 Å². The van der Waals surface area contributed by atoms with Crippen LogP contribution in [0.3, 0.4) is 0 Å². The Bertz CT molecular complexity index is 3490. The van der Waals surface area contributed by atoms with Crippen LogP contribution >= 0.6 is 68.4 Å². The molecule has 2 aromatic heterocycles. The largest absolute Gasteiger partial charge is 0.457 e. The van der Waals surface area contributed by atoms with E-state index >= 15 is 0 Å². The molecule has 24 heteroatoms. The van der Waals surface area contributed by atoms with Crippen LogP contribution in [0.15, 0.2) is 84.9 Å². The number of hydrogen-bond donors (Lipinski definition) is 3. The van der Waals surface area contributed by atoms with Crippen molar-refractivity contribution in [1.29, 1.82) is 0 Å². The minimum atomic E-state index is -0.597. The lowest BCUT2D eigenvalue weighted by Gasteiger charge is -2.34. The number of halogens is 4. The molecule has 0 spiro atoms. The number of fused-ring (bicyclic) bond motifs is 2. The zero-order chi connectivity index (χ0) is 59.5. The molecule has 6 heterocycles. The van der Waals surface area contributed by atoms with Crippen LogP contribution in [-0.2, 0) is 45.3 Å². The molecule has 4 amide bonds. The SMILES string of the molecule is CC(C)(C)OC(=O)N[C@@H]1CCCN(c2nc(I)c(C(=O)Nc3ccc4c(c3)C(=O)OC4)n2Cc2ccccc2Cl)C1.CN(C(=O)c1c(I)nc(N2CCC[C@@H](NC(=O)OC(C)(C)C)C2)n1Cc1ccccc1Cl)c1ccc2c(c1)C(=O)OC2. The third-order valence-corrected chi connectivity index (χ3v) is 16.2. The van der Waals surface area contributed by atoms with Gasteiger partial charge in [0.15, 0.2) is 0 Å². The van der Waals surface area contributed by atoms with Gasteiger partial charge in [0.05, 0.1) is 24.2 Å². The maximum absolute atomic E-state index is 14.1. The minimum absolute atomic E-state index is 0.148. The Morgan fingerprint density at radius 3 is 1.61 bits per heavy atom. The highest BCUT2D eigenvalue weighted by Crippen LogP contribution is 2.33. The van der Waals surface area contributed by atoms with E-state index in [-0.39, 0.29) is 37.1 Å². The molecule has 0 radical (unpaired) electrons. The number of amides is 4. The van der Waals surface area contributed by atoms with Crippen molar-refractivity contribution in [1.82, 2.24) is 29.7 Å². The number of benzene rings is 4. The van der Waals surface area contributed by atoms with Gasteiger partial charge in [-0.3, -0.25) is 9.59 Å². The van der Waals surface area contributed by atoms with Crippen LogP contribution in [0.2, 0.25) is 10.0 Å². The number of carbonyl (C=O) groups excluding carboxylic acids is 6. The second-order valence-corrected chi connectivity index (χ2v) is 25.4. The summed E-state index contributed by atoms with van der Waals surface area (Å²) in [5, 5.41) is 10.0. The molecule has 4 aromatic carbocycles. The Kier molecular flexibility index (Phi) is 18.9. The van der Waals surface area contributed by atoms with E-state index in [4.69, 9.17) is 52.1 Å². The van der Waals surface area contributed by atoms with Gasteiger partial charge in [-0.05, 0) is 160 Å². The summed E-state index contributed by atoms with van der Waals surface area (Å²) in [6, 6.07) is 25.1. The molecule has 10 rings (SSSR count). The number of piperidine rings is 2. The second kappa shape index (κ2) is 25.7. The molecule has 20 nitrogen and oxygen atoms in total. The van der Waals surface area contributed by atoms with Crippen molar-refractivity contribution in [3.63, 3.8) is 0 Å². The molecule has 4 aliphatic heterocycles. The number of aromatic nitrogens is 4. The molecule has 0 unspecified atom stereocenters. The molecule has 2 fully saturated rings. The third-order valence-electron chi connectivity index (χ3n) is 14.0. The van der Waals surface area contributed by atoms with Gasteiger partial charge in [-0.15, -0.1) is 0 Å². The third kappa shape index (κ3) is 14.8. The van der Waals surface area contributed by atoms with E-state index < -0.39 is 35.3 Å². The number of anilines is 4. The molecule has 0 bridgehead atoms. The number of imidazole rings is 2. The first-order valence-corrected chi connectivity index (χ1v) is 30.0. The number of nitrogens with one attached hydrogen (secondary N) is 3. The molecule has 3 N–H and O–H groups in total. The standard InChI is InChI=1S/C30H33ClIN5O5.C29H31ClIN5O5/c1-30(2,3)42-29(40)33-20-9-7-13-36(16-20)28-34-25(32)24(37(28)15-18-8-5-6-10-23(18)31)26(38)35(4)21-12-11-19-17-41-27(39)22(19)14-21;1-29(2,3)41-28(39)33-20-8-6-12-35(15-20)27-34-24(31)23(36(27)14-17-7-4-5-9-22(17)30)25(37)32-19-11-10-18-16-40-26(38)21(18)13-19/h5-6,8,10-12,14,20H,7,9,13,15-17H2,1-4H3,(H,33,40);4-5,7,9-11,13,20H,6,8,12,14-16H2,1-3H3,(H,32,37)(H,33,39)/t2*20-/m11/s1. The van der Waals surface area contributed by atoms with Crippen molar-refractivity contribution in [2.24, 2.45) is 0 Å². The highest BCUT2D eigenvalue weighted by molar-refractivity contribution is 14.1. The first-order valence-electron chi connectivity index (χ1n) is 27.1. The number of esters is 2. The highest BCUT2D eigenvalue weighted by Gasteiger charge is 2.34. The van der Waals surface area contributed by atoms with Gasteiger partial charge in [0.2, 0.25) is 11.9 Å². The van der Waals surface area contributed by atoms with Gasteiger partial charge >= 0.3 is 24.1 Å². The number of alkyl carbamates (subject to hydrolysis) is 2. The molecule has 438 valence electrons. The van der Waals surface area contributed by atoms with E-state index in [2.05, 4.69) is 70.9 Å². The lowest BCUT2D eigenvalue weighted by Crippen LogP contribution is -2.49. The lowest BCUT2D eigenvalue weighted by atomic mass is 10.1. The number of ether oxygens (including phenoxy) is 4. The number of cyclic esters (lactones) is 2. The monoisotopic (exact) mass is 1400 g/mol. The fourth-order valence-corrected chi connectivity index (χ4v) is 12.0. The summed E-state index contributed by atoms with van der Waals surface area (Å²) in [4.78, 5) is 92.4. The Hall–Kier alpha value is -6.64. The molecule has 83 heavy (non-hydrogen) atoms. The number of rotatable bonds is 12. The van der Waals surface area contributed by atoms with Crippen LogP contribution in [0.1, 0.15) is 131 Å². The normalized spacial score (nSPS) is 16.6. The topological polar surface area (TPSA) is 221 Å². The maximum atomic E-state index is 14.1. The number of hydrogen-bond acceptors (Lipinski definition) is 14.